The van der Waals surface area contributed by atoms with Crippen molar-refractivity contribution in [3.05, 3.63) is 94.6 Å². The zero-order valence-corrected chi connectivity index (χ0v) is 19.8. The molecule has 0 atom stereocenters. The fourth-order valence-corrected chi connectivity index (χ4v) is 3.81. The minimum absolute atomic E-state index is 0.147. The van der Waals surface area contributed by atoms with Crippen LogP contribution in [0.15, 0.2) is 72.3 Å². The highest BCUT2D eigenvalue weighted by Gasteiger charge is 2.37. The molecule has 1 N–H and O–H groups in total. The van der Waals surface area contributed by atoms with E-state index in [1.807, 2.05) is 50.2 Å². The highest BCUT2D eigenvalue weighted by atomic mass is 16.5. The first kappa shape index (κ1) is 23.8. The second-order valence-electron chi connectivity index (χ2n) is 8.12. The Morgan fingerprint density at radius 1 is 0.943 bits per heavy atom. The summed E-state index contributed by atoms with van der Waals surface area (Å²) in [4.78, 5) is 39.3. The maximum atomic E-state index is 13.2. The zero-order chi connectivity index (χ0) is 24.9. The molecule has 3 aromatic rings. The summed E-state index contributed by atoms with van der Waals surface area (Å²) in [5, 5.41) is 2.27. The van der Waals surface area contributed by atoms with Crippen molar-refractivity contribution in [3.8, 4) is 11.5 Å². The van der Waals surface area contributed by atoms with Gasteiger partial charge >= 0.3 is 6.03 Å². The van der Waals surface area contributed by atoms with Gasteiger partial charge in [0, 0.05) is 0 Å². The van der Waals surface area contributed by atoms with E-state index in [9.17, 15) is 14.4 Å². The van der Waals surface area contributed by atoms with Crippen LogP contribution < -0.4 is 19.7 Å². The SMILES string of the molecule is CCc1ccccc1N1C(=O)NC(=O)/C(=C/c2ccc(OCc3ccc(C)cc3)c(OC)c2)C1=O. The zero-order valence-electron chi connectivity index (χ0n) is 19.8. The normalized spacial score (nSPS) is 14.8. The molecule has 1 saturated heterocycles. The van der Waals surface area contributed by atoms with Crippen molar-refractivity contribution >= 4 is 29.6 Å². The standard InChI is InChI=1S/C28H26N2O5/c1-4-21-7-5-6-8-23(21)30-27(32)22(26(31)29-28(30)33)15-20-13-14-24(25(16-20)34-3)35-17-19-11-9-18(2)10-12-19/h5-16H,4,17H2,1-3H3,(H,29,31,33)/b22-15-. The first-order chi connectivity index (χ1) is 16.9. The van der Waals surface area contributed by atoms with Crippen molar-refractivity contribution in [2.45, 2.75) is 26.9 Å². The van der Waals surface area contributed by atoms with Gasteiger partial charge in [-0.3, -0.25) is 14.9 Å². The fourth-order valence-electron chi connectivity index (χ4n) is 3.81. The number of methoxy groups -OCH3 is 1. The van der Waals surface area contributed by atoms with Gasteiger partial charge in [0.2, 0.25) is 0 Å². The van der Waals surface area contributed by atoms with Crippen LogP contribution in [0.1, 0.15) is 29.2 Å². The van der Waals surface area contributed by atoms with Crippen molar-refractivity contribution in [1.29, 1.82) is 0 Å². The van der Waals surface area contributed by atoms with Crippen LogP contribution in [-0.2, 0) is 22.6 Å². The van der Waals surface area contributed by atoms with Gasteiger partial charge in [0.05, 0.1) is 12.8 Å². The molecule has 0 spiro atoms. The molecule has 1 aliphatic rings. The van der Waals surface area contributed by atoms with E-state index in [1.165, 1.54) is 18.7 Å². The first-order valence-electron chi connectivity index (χ1n) is 11.3. The summed E-state index contributed by atoms with van der Waals surface area (Å²) in [5.41, 5.74) is 3.87. The smallest absolute Gasteiger partial charge is 0.335 e. The number of aryl methyl sites for hydroxylation is 2. The lowest BCUT2D eigenvalue weighted by atomic mass is 10.0. The van der Waals surface area contributed by atoms with Crippen LogP contribution in [0.5, 0.6) is 11.5 Å². The van der Waals surface area contributed by atoms with Gasteiger partial charge < -0.3 is 9.47 Å². The number of rotatable bonds is 7. The number of anilines is 1. The van der Waals surface area contributed by atoms with E-state index in [0.717, 1.165) is 16.0 Å². The summed E-state index contributed by atoms with van der Waals surface area (Å²) in [7, 11) is 1.52. The molecule has 0 bridgehead atoms. The largest absolute Gasteiger partial charge is 0.493 e. The van der Waals surface area contributed by atoms with Gasteiger partial charge in [0.25, 0.3) is 11.8 Å². The number of carbonyl (C=O) groups is 3. The number of imide groups is 2. The third-order valence-corrected chi connectivity index (χ3v) is 5.73. The number of barbiturate groups is 1. The Kier molecular flexibility index (Phi) is 6.96. The van der Waals surface area contributed by atoms with Crippen LogP contribution in [-0.4, -0.2) is 25.0 Å². The molecule has 3 aromatic carbocycles. The highest BCUT2D eigenvalue weighted by molar-refractivity contribution is 6.39. The van der Waals surface area contributed by atoms with Gasteiger partial charge in [-0.2, -0.15) is 0 Å². The predicted molar refractivity (Wildman–Crippen MR) is 133 cm³/mol. The molecule has 4 rings (SSSR count). The number of urea groups is 1. The average Bonchev–Trinajstić information content (AvgIpc) is 2.86. The molecule has 0 aliphatic carbocycles. The number of nitrogens with one attached hydrogen (secondary N) is 1. The molecule has 0 unspecified atom stereocenters. The summed E-state index contributed by atoms with van der Waals surface area (Å²) in [6, 6.07) is 19.5. The van der Waals surface area contributed by atoms with E-state index >= 15 is 0 Å². The molecular weight excluding hydrogens is 444 g/mol. The lowest BCUT2D eigenvalue weighted by Crippen LogP contribution is -2.54. The summed E-state index contributed by atoms with van der Waals surface area (Å²) in [6.45, 7) is 4.32. The van der Waals surface area contributed by atoms with Gasteiger partial charge in [0.1, 0.15) is 12.2 Å². The lowest BCUT2D eigenvalue weighted by molar-refractivity contribution is -0.122. The lowest BCUT2D eigenvalue weighted by Gasteiger charge is -2.28. The molecule has 178 valence electrons. The Balaban J connectivity index is 1.60. The number of amides is 4. The molecule has 4 amide bonds. The van der Waals surface area contributed by atoms with Gasteiger partial charge in [-0.05, 0) is 54.3 Å². The van der Waals surface area contributed by atoms with Crippen molar-refractivity contribution < 1.29 is 23.9 Å². The molecule has 7 heteroatoms. The van der Waals surface area contributed by atoms with Gasteiger partial charge in [0.15, 0.2) is 11.5 Å². The third kappa shape index (κ3) is 5.09. The Bertz CT molecular complexity index is 1310. The number of hydrogen-bond donors (Lipinski definition) is 1. The fraction of sp³-hybridized carbons (Fsp3) is 0.179. The van der Waals surface area contributed by atoms with Crippen LogP contribution in [0.4, 0.5) is 10.5 Å². The van der Waals surface area contributed by atoms with Crippen LogP contribution in [0.3, 0.4) is 0 Å². The molecular formula is C28H26N2O5. The van der Waals surface area contributed by atoms with E-state index < -0.39 is 17.8 Å². The molecule has 0 radical (unpaired) electrons. The van der Waals surface area contributed by atoms with Crippen LogP contribution in [0, 0.1) is 6.92 Å². The van der Waals surface area contributed by atoms with Crippen LogP contribution >= 0.6 is 0 Å². The Hall–Kier alpha value is -4.39. The van der Waals surface area contributed by atoms with Gasteiger partial charge in [-0.25, -0.2) is 9.69 Å². The second kappa shape index (κ2) is 10.3. The summed E-state index contributed by atoms with van der Waals surface area (Å²) >= 11 is 0. The highest BCUT2D eigenvalue weighted by Crippen LogP contribution is 2.31. The number of para-hydroxylation sites is 1. The summed E-state index contributed by atoms with van der Waals surface area (Å²) in [6.07, 6.45) is 2.07. The van der Waals surface area contributed by atoms with E-state index in [-0.39, 0.29) is 5.57 Å². The Morgan fingerprint density at radius 3 is 2.40 bits per heavy atom. The number of benzene rings is 3. The topological polar surface area (TPSA) is 84.9 Å². The van der Waals surface area contributed by atoms with Gasteiger partial charge in [-0.15, -0.1) is 0 Å². The molecule has 35 heavy (non-hydrogen) atoms. The van der Waals surface area contributed by atoms with Crippen molar-refractivity contribution in [2.24, 2.45) is 0 Å². The van der Waals surface area contributed by atoms with E-state index in [4.69, 9.17) is 9.47 Å². The maximum Gasteiger partial charge on any atom is 0.335 e. The van der Waals surface area contributed by atoms with Crippen LogP contribution in [0.25, 0.3) is 6.08 Å². The average molecular weight is 471 g/mol. The molecule has 1 heterocycles. The van der Waals surface area contributed by atoms with Crippen molar-refractivity contribution in [3.63, 3.8) is 0 Å². The van der Waals surface area contributed by atoms with Crippen molar-refractivity contribution in [2.75, 3.05) is 12.0 Å². The molecule has 1 fully saturated rings. The monoisotopic (exact) mass is 470 g/mol. The summed E-state index contributed by atoms with van der Waals surface area (Å²) < 4.78 is 11.4. The predicted octanol–water partition coefficient (Wildman–Crippen LogP) is 4.81. The minimum Gasteiger partial charge on any atom is -0.493 e. The molecule has 0 saturated carbocycles. The molecule has 7 nitrogen and oxygen atoms in total. The number of hydrogen-bond acceptors (Lipinski definition) is 5. The second-order valence-corrected chi connectivity index (χ2v) is 8.12. The molecule has 0 aromatic heterocycles. The Labute approximate surface area is 204 Å². The van der Waals surface area contributed by atoms with Gasteiger partial charge in [-0.1, -0.05) is 61.0 Å². The quantitative estimate of drug-likeness (QED) is 0.396. The number of nitrogens with zero attached hydrogens (tertiary/aromatic N) is 1. The number of carbonyl (C=O) groups excluding carboxylic acids is 3. The van der Waals surface area contributed by atoms with Crippen molar-refractivity contribution in [1.82, 2.24) is 5.32 Å². The third-order valence-electron chi connectivity index (χ3n) is 5.73. The van der Waals surface area contributed by atoms with E-state index in [1.54, 1.807) is 30.3 Å². The van der Waals surface area contributed by atoms with Crippen LogP contribution in [0.2, 0.25) is 0 Å². The van der Waals surface area contributed by atoms with E-state index in [2.05, 4.69) is 5.32 Å². The van der Waals surface area contributed by atoms with E-state index in [0.29, 0.717) is 35.8 Å². The molecule has 1 aliphatic heterocycles. The maximum absolute atomic E-state index is 13.2. The number of ether oxygens (including phenoxy) is 2. The minimum atomic E-state index is -0.768. The summed E-state index contributed by atoms with van der Waals surface area (Å²) in [5.74, 6) is -0.440. The first-order valence-corrected chi connectivity index (χ1v) is 11.3. The Morgan fingerprint density at radius 2 is 1.69 bits per heavy atom.